The molecule has 6 nitrogen and oxygen atoms in total. The van der Waals surface area contributed by atoms with E-state index >= 15 is 0 Å². The van der Waals surface area contributed by atoms with Crippen LogP contribution >= 0.6 is 0 Å². The summed E-state index contributed by atoms with van der Waals surface area (Å²) in [5, 5.41) is 3.44. The van der Waals surface area contributed by atoms with Gasteiger partial charge in [-0.1, -0.05) is 12.1 Å². The van der Waals surface area contributed by atoms with Crippen molar-refractivity contribution < 1.29 is 9.53 Å². The average Bonchev–Trinajstić information content (AvgIpc) is 2.65. The van der Waals surface area contributed by atoms with E-state index in [-0.39, 0.29) is 12.0 Å². The molecule has 2 saturated heterocycles. The number of aromatic nitrogens is 2. The minimum absolute atomic E-state index is 0.00198. The van der Waals surface area contributed by atoms with Gasteiger partial charge in [-0.3, -0.25) is 9.78 Å². The maximum absolute atomic E-state index is 12.3. The minimum Gasteiger partial charge on any atom is -0.470 e. The van der Waals surface area contributed by atoms with E-state index < -0.39 is 0 Å². The second kappa shape index (κ2) is 7.19. The highest BCUT2D eigenvalue weighted by molar-refractivity contribution is 5.92. The number of piperidine rings is 1. The molecule has 4 heterocycles. The van der Waals surface area contributed by atoms with Crippen molar-refractivity contribution in [1.82, 2.24) is 20.2 Å². The maximum atomic E-state index is 12.3. The van der Waals surface area contributed by atoms with Gasteiger partial charge in [-0.2, -0.15) is 0 Å². The van der Waals surface area contributed by atoms with Crippen molar-refractivity contribution in [2.45, 2.75) is 24.9 Å². The quantitative estimate of drug-likeness (QED) is 0.921. The van der Waals surface area contributed by atoms with Crippen LogP contribution in [0, 0.1) is 0 Å². The number of amides is 1. The van der Waals surface area contributed by atoms with Gasteiger partial charge >= 0.3 is 0 Å². The Morgan fingerprint density at radius 3 is 2.80 bits per heavy atom. The van der Waals surface area contributed by atoms with E-state index in [9.17, 15) is 4.79 Å². The molecular formula is C19H22N4O2. The molecule has 2 aromatic rings. The number of carbonyl (C=O) groups is 1. The lowest BCUT2D eigenvalue weighted by molar-refractivity contribution is 0.0150. The van der Waals surface area contributed by atoms with Crippen molar-refractivity contribution in [3.05, 3.63) is 54.0 Å². The zero-order valence-electron chi connectivity index (χ0n) is 14.1. The van der Waals surface area contributed by atoms with Crippen molar-refractivity contribution in [2.24, 2.45) is 0 Å². The van der Waals surface area contributed by atoms with E-state index in [1.807, 2.05) is 18.2 Å². The molecule has 0 spiro atoms. The lowest BCUT2D eigenvalue weighted by Gasteiger charge is -2.39. The molecule has 25 heavy (non-hydrogen) atoms. The fraction of sp³-hybridized carbons (Fsp3) is 0.421. The SMILES string of the molecule is O=C(c1ccccn1)N1CC(Oc2ncccc2C2CCCNC2)C1. The lowest BCUT2D eigenvalue weighted by atomic mass is 9.92. The van der Waals surface area contributed by atoms with Crippen LogP contribution in [-0.2, 0) is 0 Å². The van der Waals surface area contributed by atoms with E-state index in [4.69, 9.17) is 4.74 Å². The Bertz CT molecular complexity index is 725. The number of hydrogen-bond acceptors (Lipinski definition) is 5. The first-order valence-corrected chi connectivity index (χ1v) is 8.84. The molecule has 0 bridgehead atoms. The number of ether oxygens (including phenoxy) is 1. The topological polar surface area (TPSA) is 67.4 Å². The number of nitrogens with one attached hydrogen (secondary N) is 1. The zero-order chi connectivity index (χ0) is 17.1. The van der Waals surface area contributed by atoms with E-state index in [1.54, 1.807) is 23.4 Å². The molecular weight excluding hydrogens is 316 g/mol. The summed E-state index contributed by atoms with van der Waals surface area (Å²) in [5.74, 6) is 1.12. The van der Waals surface area contributed by atoms with Crippen LogP contribution in [-0.4, -0.2) is 53.1 Å². The lowest BCUT2D eigenvalue weighted by Crippen LogP contribution is -2.56. The summed E-state index contributed by atoms with van der Waals surface area (Å²) in [4.78, 5) is 22.6. The molecule has 6 heteroatoms. The standard InChI is InChI=1S/C19H22N4O2/c24-19(17-7-1-2-9-21-17)23-12-15(13-23)25-18-16(6-4-10-22-18)14-5-3-8-20-11-14/h1-2,4,6-7,9-10,14-15,20H,3,5,8,11-13H2. The summed E-state index contributed by atoms with van der Waals surface area (Å²) in [7, 11) is 0. The molecule has 130 valence electrons. The van der Waals surface area contributed by atoms with Gasteiger partial charge in [-0.05, 0) is 37.6 Å². The number of nitrogens with zero attached hydrogens (tertiary/aromatic N) is 3. The molecule has 2 aliphatic rings. The normalized spacial score (nSPS) is 20.8. The van der Waals surface area contributed by atoms with Gasteiger partial charge in [-0.15, -0.1) is 0 Å². The van der Waals surface area contributed by atoms with E-state index in [0.29, 0.717) is 30.6 Å². The summed E-state index contributed by atoms with van der Waals surface area (Å²) in [6.07, 6.45) is 5.74. The van der Waals surface area contributed by atoms with Crippen LogP contribution in [0.25, 0.3) is 0 Å². The Kier molecular flexibility index (Phi) is 4.61. The van der Waals surface area contributed by atoms with Crippen LogP contribution < -0.4 is 10.1 Å². The first-order valence-electron chi connectivity index (χ1n) is 8.84. The fourth-order valence-electron chi connectivity index (χ4n) is 3.42. The van der Waals surface area contributed by atoms with Gasteiger partial charge in [0.25, 0.3) is 5.91 Å². The van der Waals surface area contributed by atoms with E-state index in [0.717, 1.165) is 19.5 Å². The molecule has 1 unspecified atom stereocenters. The van der Waals surface area contributed by atoms with Crippen molar-refractivity contribution in [3.8, 4) is 5.88 Å². The highest BCUT2D eigenvalue weighted by Gasteiger charge is 2.34. The van der Waals surface area contributed by atoms with Crippen LogP contribution in [0.5, 0.6) is 5.88 Å². The van der Waals surface area contributed by atoms with Crippen molar-refractivity contribution >= 4 is 5.91 Å². The summed E-state index contributed by atoms with van der Waals surface area (Å²) in [6, 6.07) is 9.45. The molecule has 4 rings (SSSR count). The molecule has 0 radical (unpaired) electrons. The first-order chi connectivity index (χ1) is 12.3. The molecule has 2 aliphatic heterocycles. The van der Waals surface area contributed by atoms with Gasteiger partial charge in [0.05, 0.1) is 13.1 Å². The highest BCUT2D eigenvalue weighted by atomic mass is 16.5. The van der Waals surface area contributed by atoms with Gasteiger partial charge in [0.2, 0.25) is 5.88 Å². The van der Waals surface area contributed by atoms with Crippen LogP contribution in [0.2, 0.25) is 0 Å². The summed E-state index contributed by atoms with van der Waals surface area (Å²) in [5.41, 5.74) is 1.65. The number of carbonyl (C=O) groups excluding carboxylic acids is 1. The molecule has 0 saturated carbocycles. The highest BCUT2D eigenvalue weighted by Crippen LogP contribution is 2.30. The van der Waals surface area contributed by atoms with E-state index in [1.165, 1.54) is 12.0 Å². The van der Waals surface area contributed by atoms with Gasteiger partial charge in [0, 0.05) is 30.4 Å². The molecule has 1 atom stereocenters. The van der Waals surface area contributed by atoms with Crippen molar-refractivity contribution in [1.29, 1.82) is 0 Å². The number of rotatable bonds is 4. The predicted molar refractivity (Wildman–Crippen MR) is 93.6 cm³/mol. The van der Waals surface area contributed by atoms with E-state index in [2.05, 4.69) is 21.4 Å². The Labute approximate surface area is 147 Å². The largest absolute Gasteiger partial charge is 0.470 e. The second-order valence-electron chi connectivity index (χ2n) is 6.61. The van der Waals surface area contributed by atoms with Gasteiger partial charge < -0.3 is 15.0 Å². The minimum atomic E-state index is -0.0434. The van der Waals surface area contributed by atoms with Crippen LogP contribution in [0.3, 0.4) is 0 Å². The summed E-state index contributed by atoms with van der Waals surface area (Å²) in [6.45, 7) is 3.21. The fourth-order valence-corrected chi connectivity index (χ4v) is 3.42. The van der Waals surface area contributed by atoms with Gasteiger partial charge in [-0.25, -0.2) is 4.98 Å². The summed E-state index contributed by atoms with van der Waals surface area (Å²) >= 11 is 0. The third-order valence-corrected chi connectivity index (χ3v) is 4.83. The van der Waals surface area contributed by atoms with Gasteiger partial charge in [0.1, 0.15) is 11.8 Å². The second-order valence-corrected chi connectivity index (χ2v) is 6.61. The Balaban J connectivity index is 1.37. The van der Waals surface area contributed by atoms with Crippen LogP contribution in [0.1, 0.15) is 34.8 Å². The third kappa shape index (κ3) is 3.49. The van der Waals surface area contributed by atoms with Crippen molar-refractivity contribution in [3.63, 3.8) is 0 Å². The molecule has 2 aromatic heterocycles. The molecule has 2 fully saturated rings. The molecule has 0 aromatic carbocycles. The monoisotopic (exact) mass is 338 g/mol. The number of likely N-dealkylation sites (tertiary alicyclic amines) is 1. The molecule has 1 N–H and O–H groups in total. The van der Waals surface area contributed by atoms with Crippen LogP contribution in [0.15, 0.2) is 42.7 Å². The maximum Gasteiger partial charge on any atom is 0.272 e. The summed E-state index contributed by atoms with van der Waals surface area (Å²) < 4.78 is 6.10. The predicted octanol–water partition coefficient (Wildman–Crippen LogP) is 1.85. The smallest absolute Gasteiger partial charge is 0.272 e. The third-order valence-electron chi connectivity index (χ3n) is 4.83. The van der Waals surface area contributed by atoms with Crippen molar-refractivity contribution in [2.75, 3.05) is 26.2 Å². The Hall–Kier alpha value is -2.47. The number of pyridine rings is 2. The average molecular weight is 338 g/mol. The van der Waals surface area contributed by atoms with Crippen LogP contribution in [0.4, 0.5) is 0 Å². The molecule has 1 amide bonds. The van der Waals surface area contributed by atoms with Gasteiger partial charge in [0.15, 0.2) is 0 Å². The number of hydrogen-bond donors (Lipinski definition) is 1. The molecule has 0 aliphatic carbocycles. The Morgan fingerprint density at radius 2 is 2.04 bits per heavy atom. The first kappa shape index (κ1) is 16.0. The zero-order valence-corrected chi connectivity index (χ0v) is 14.1. The Morgan fingerprint density at radius 1 is 1.16 bits per heavy atom.